The van der Waals surface area contributed by atoms with Gasteiger partial charge in [-0.3, -0.25) is 4.40 Å². The molecule has 0 aliphatic carbocycles. The number of esters is 1. The van der Waals surface area contributed by atoms with E-state index in [2.05, 4.69) is 9.84 Å². The number of nitrogens with zero attached hydrogens (tertiary/aromatic N) is 3. The summed E-state index contributed by atoms with van der Waals surface area (Å²) < 4.78 is 12.4. The Bertz CT molecular complexity index is 827. The molecule has 0 unspecified atom stereocenters. The van der Waals surface area contributed by atoms with Gasteiger partial charge >= 0.3 is 11.7 Å². The first-order chi connectivity index (χ1) is 9.70. The molecule has 0 aliphatic rings. The van der Waals surface area contributed by atoms with Crippen LogP contribution in [0.1, 0.15) is 16.1 Å². The van der Waals surface area contributed by atoms with Crippen LogP contribution in [-0.2, 0) is 11.3 Å². The van der Waals surface area contributed by atoms with Gasteiger partial charge in [0, 0.05) is 11.8 Å². The van der Waals surface area contributed by atoms with Crippen molar-refractivity contribution in [2.75, 3.05) is 7.11 Å². The number of carbonyl (C=O) groups is 1. The molecule has 0 amide bonds. The van der Waals surface area contributed by atoms with E-state index < -0.39 is 5.97 Å². The maximum Gasteiger partial charge on any atom is 0.374 e. The van der Waals surface area contributed by atoms with Crippen LogP contribution in [0.3, 0.4) is 0 Å². The SMILES string of the molecule is COC(=O)c1occc1Cn1nc2ccccn2c1=O. The van der Waals surface area contributed by atoms with Gasteiger partial charge in [0.2, 0.25) is 5.76 Å². The van der Waals surface area contributed by atoms with Crippen LogP contribution in [-0.4, -0.2) is 27.3 Å². The molecule has 0 atom stereocenters. The van der Waals surface area contributed by atoms with E-state index in [4.69, 9.17) is 4.42 Å². The second-order valence-corrected chi connectivity index (χ2v) is 4.14. The van der Waals surface area contributed by atoms with Gasteiger partial charge in [-0.1, -0.05) is 6.07 Å². The van der Waals surface area contributed by atoms with Crippen molar-refractivity contribution >= 4 is 11.6 Å². The highest BCUT2D eigenvalue weighted by Gasteiger charge is 2.17. The highest BCUT2D eigenvalue weighted by molar-refractivity contribution is 5.87. The van der Waals surface area contributed by atoms with Gasteiger partial charge in [-0.05, 0) is 18.2 Å². The van der Waals surface area contributed by atoms with Gasteiger partial charge < -0.3 is 9.15 Å². The van der Waals surface area contributed by atoms with Crippen molar-refractivity contribution in [1.82, 2.24) is 14.2 Å². The van der Waals surface area contributed by atoms with Crippen LogP contribution >= 0.6 is 0 Å². The maximum atomic E-state index is 12.1. The minimum atomic E-state index is -0.582. The molecule has 0 radical (unpaired) electrons. The minimum Gasteiger partial charge on any atom is -0.463 e. The summed E-state index contributed by atoms with van der Waals surface area (Å²) in [7, 11) is 1.27. The summed E-state index contributed by atoms with van der Waals surface area (Å²) in [5, 5.41) is 4.19. The molecule has 0 bridgehead atoms. The van der Waals surface area contributed by atoms with Crippen molar-refractivity contribution in [3.8, 4) is 0 Å². The lowest BCUT2D eigenvalue weighted by atomic mass is 10.2. The van der Waals surface area contributed by atoms with Crippen LogP contribution in [0, 0.1) is 0 Å². The monoisotopic (exact) mass is 273 g/mol. The largest absolute Gasteiger partial charge is 0.463 e. The van der Waals surface area contributed by atoms with E-state index >= 15 is 0 Å². The summed E-state index contributed by atoms with van der Waals surface area (Å²) >= 11 is 0. The third-order valence-electron chi connectivity index (χ3n) is 2.93. The Labute approximate surface area is 113 Å². The Balaban J connectivity index is 2.02. The molecule has 102 valence electrons. The Kier molecular flexibility index (Phi) is 2.86. The fourth-order valence-corrected chi connectivity index (χ4v) is 1.96. The second-order valence-electron chi connectivity index (χ2n) is 4.14. The molecule has 20 heavy (non-hydrogen) atoms. The molecule has 3 aromatic heterocycles. The molecule has 3 heterocycles. The van der Waals surface area contributed by atoms with Gasteiger partial charge in [0.25, 0.3) is 0 Å². The topological polar surface area (TPSA) is 78.7 Å². The average Bonchev–Trinajstić information content (AvgIpc) is 3.05. The Morgan fingerprint density at radius 3 is 3.00 bits per heavy atom. The van der Waals surface area contributed by atoms with E-state index in [1.807, 2.05) is 0 Å². The normalized spacial score (nSPS) is 10.8. The summed E-state index contributed by atoms with van der Waals surface area (Å²) in [4.78, 5) is 23.6. The quantitative estimate of drug-likeness (QED) is 0.663. The molecule has 3 aromatic rings. The first kappa shape index (κ1) is 12.2. The second kappa shape index (κ2) is 4.69. The number of hydrogen-bond donors (Lipinski definition) is 0. The summed E-state index contributed by atoms with van der Waals surface area (Å²) in [6.45, 7) is 0.140. The third-order valence-corrected chi connectivity index (χ3v) is 2.93. The van der Waals surface area contributed by atoms with Crippen LogP contribution in [0.5, 0.6) is 0 Å². The molecule has 0 N–H and O–H groups in total. The zero-order valence-corrected chi connectivity index (χ0v) is 10.6. The summed E-state index contributed by atoms with van der Waals surface area (Å²) in [6, 6.07) is 6.89. The molecule has 0 saturated heterocycles. The van der Waals surface area contributed by atoms with Crippen molar-refractivity contribution in [3.63, 3.8) is 0 Å². The number of rotatable bonds is 3. The van der Waals surface area contributed by atoms with Gasteiger partial charge in [-0.2, -0.15) is 0 Å². The fourth-order valence-electron chi connectivity index (χ4n) is 1.96. The molecule has 3 rings (SSSR count). The van der Waals surface area contributed by atoms with Gasteiger partial charge in [0.05, 0.1) is 19.9 Å². The molecular formula is C13H11N3O4. The van der Waals surface area contributed by atoms with Gasteiger partial charge in [-0.15, -0.1) is 5.10 Å². The van der Waals surface area contributed by atoms with Crippen LogP contribution < -0.4 is 5.69 Å². The Hall–Kier alpha value is -2.83. The van der Waals surface area contributed by atoms with Crippen LogP contribution in [0.2, 0.25) is 0 Å². The predicted octanol–water partition coefficient (Wildman–Crippen LogP) is 0.924. The van der Waals surface area contributed by atoms with Crippen molar-refractivity contribution < 1.29 is 13.9 Å². The Morgan fingerprint density at radius 2 is 2.25 bits per heavy atom. The standard InChI is InChI=1S/C13H11N3O4/c1-19-12(17)11-9(5-7-20-11)8-16-13(18)15-6-3-2-4-10(15)14-16/h2-7H,8H2,1H3. The summed E-state index contributed by atoms with van der Waals surface area (Å²) in [5.74, 6) is -0.502. The average molecular weight is 273 g/mol. The van der Waals surface area contributed by atoms with E-state index in [0.29, 0.717) is 11.2 Å². The molecule has 0 aromatic carbocycles. The molecule has 0 fully saturated rings. The number of fused-ring (bicyclic) bond motifs is 1. The van der Waals surface area contributed by atoms with Gasteiger partial charge in [-0.25, -0.2) is 14.3 Å². The van der Waals surface area contributed by atoms with Crippen molar-refractivity contribution in [2.45, 2.75) is 6.54 Å². The van der Waals surface area contributed by atoms with E-state index in [0.717, 1.165) is 0 Å². The molecular weight excluding hydrogens is 262 g/mol. The van der Waals surface area contributed by atoms with Crippen LogP contribution in [0.25, 0.3) is 5.65 Å². The van der Waals surface area contributed by atoms with Gasteiger partial charge in [0.15, 0.2) is 5.65 Å². The molecule has 0 saturated carbocycles. The molecule has 0 spiro atoms. The van der Waals surface area contributed by atoms with Gasteiger partial charge in [0.1, 0.15) is 0 Å². The lowest BCUT2D eigenvalue weighted by molar-refractivity contribution is 0.0563. The number of hydrogen-bond acceptors (Lipinski definition) is 5. The molecule has 7 heteroatoms. The maximum absolute atomic E-state index is 12.1. The van der Waals surface area contributed by atoms with Crippen molar-refractivity contribution in [2.24, 2.45) is 0 Å². The first-order valence-corrected chi connectivity index (χ1v) is 5.89. The van der Waals surface area contributed by atoms with E-state index in [-0.39, 0.29) is 18.0 Å². The highest BCUT2D eigenvalue weighted by atomic mass is 16.5. The third kappa shape index (κ3) is 1.89. The highest BCUT2D eigenvalue weighted by Crippen LogP contribution is 2.12. The Morgan fingerprint density at radius 1 is 1.40 bits per heavy atom. The number of pyridine rings is 1. The summed E-state index contributed by atoms with van der Waals surface area (Å²) in [5.41, 5.74) is 0.806. The zero-order valence-electron chi connectivity index (χ0n) is 10.6. The number of ether oxygens (including phenoxy) is 1. The molecule has 7 nitrogen and oxygen atoms in total. The zero-order chi connectivity index (χ0) is 14.1. The number of aromatic nitrogens is 3. The lowest BCUT2D eigenvalue weighted by Crippen LogP contribution is -2.22. The fraction of sp³-hybridized carbons (Fsp3) is 0.154. The number of methoxy groups -OCH3 is 1. The summed E-state index contributed by atoms with van der Waals surface area (Å²) in [6.07, 6.45) is 3.01. The van der Waals surface area contributed by atoms with Crippen LogP contribution in [0.4, 0.5) is 0 Å². The predicted molar refractivity (Wildman–Crippen MR) is 68.6 cm³/mol. The molecule has 0 aliphatic heterocycles. The number of carbonyl (C=O) groups excluding carboxylic acids is 1. The minimum absolute atomic E-state index is 0.0801. The van der Waals surface area contributed by atoms with E-state index in [9.17, 15) is 9.59 Å². The van der Waals surface area contributed by atoms with E-state index in [1.54, 1.807) is 30.5 Å². The number of furan rings is 1. The lowest BCUT2D eigenvalue weighted by Gasteiger charge is -2.00. The first-order valence-electron chi connectivity index (χ1n) is 5.89. The van der Waals surface area contributed by atoms with Crippen LogP contribution in [0.15, 0.2) is 45.9 Å². The van der Waals surface area contributed by atoms with Crippen molar-refractivity contribution in [3.05, 3.63) is 58.5 Å². The van der Waals surface area contributed by atoms with E-state index in [1.165, 1.54) is 22.5 Å². The van der Waals surface area contributed by atoms with Crippen molar-refractivity contribution in [1.29, 1.82) is 0 Å². The smallest absolute Gasteiger partial charge is 0.374 e.